The Morgan fingerprint density at radius 2 is 2.06 bits per heavy atom. The molecule has 2 heterocycles. The maximum Gasteiger partial charge on any atom is 0.339 e. The average Bonchev–Trinajstić information content (AvgIpc) is 3.53. The van der Waals surface area contributed by atoms with Crippen molar-refractivity contribution in [1.29, 1.82) is 0 Å². The number of carbonyl (C=O) groups is 1. The highest BCUT2D eigenvalue weighted by Gasteiger charge is 2.35. The number of hydrogen-bond acceptors (Lipinski definition) is 5. The maximum absolute atomic E-state index is 13.1. The molecule has 1 fully saturated rings. The van der Waals surface area contributed by atoms with Crippen molar-refractivity contribution < 1.29 is 13.9 Å². The number of aromatic nitrogens is 2. The van der Waals surface area contributed by atoms with Crippen molar-refractivity contribution in [3.05, 3.63) is 57.7 Å². The van der Waals surface area contributed by atoms with E-state index in [0.717, 1.165) is 60.6 Å². The van der Waals surface area contributed by atoms with Crippen molar-refractivity contribution in [1.82, 2.24) is 14.7 Å². The first-order valence-corrected chi connectivity index (χ1v) is 11.0. The third kappa shape index (κ3) is 3.96. The lowest BCUT2D eigenvalue weighted by atomic mass is 9.91. The Balaban J connectivity index is 1.35. The van der Waals surface area contributed by atoms with Crippen LogP contribution in [0, 0.1) is 0 Å². The Kier molecular flexibility index (Phi) is 5.04. The lowest BCUT2D eigenvalue weighted by molar-refractivity contribution is -0.139. The highest BCUT2D eigenvalue weighted by molar-refractivity contribution is 5.84. The number of rotatable bonds is 6. The van der Waals surface area contributed by atoms with Gasteiger partial charge in [-0.3, -0.25) is 9.48 Å². The Hall–Kier alpha value is -3.09. The number of ether oxygens (including phenoxy) is 1. The molecule has 1 amide bonds. The highest BCUT2D eigenvalue weighted by atomic mass is 16.5. The summed E-state index contributed by atoms with van der Waals surface area (Å²) in [5.74, 6) is 0.489. The minimum atomic E-state index is -0.640. The van der Waals surface area contributed by atoms with E-state index >= 15 is 0 Å². The number of hydrogen-bond donors (Lipinski definition) is 0. The summed E-state index contributed by atoms with van der Waals surface area (Å²) in [4.78, 5) is 27.4. The molecule has 1 atom stereocenters. The van der Waals surface area contributed by atoms with Crippen LogP contribution in [-0.2, 0) is 31.2 Å². The number of amides is 1. The van der Waals surface area contributed by atoms with Gasteiger partial charge in [-0.25, -0.2) is 4.79 Å². The van der Waals surface area contributed by atoms with Crippen molar-refractivity contribution in [2.75, 3.05) is 0 Å². The van der Waals surface area contributed by atoms with Crippen LogP contribution in [0.15, 0.2) is 39.8 Å². The molecule has 3 aromatic rings. The van der Waals surface area contributed by atoms with Gasteiger partial charge in [0.1, 0.15) is 11.3 Å². The van der Waals surface area contributed by atoms with Gasteiger partial charge < -0.3 is 14.1 Å². The van der Waals surface area contributed by atoms with Crippen molar-refractivity contribution in [3.8, 4) is 5.75 Å². The number of nitrogens with zero attached hydrogens (tertiary/aromatic N) is 3. The lowest BCUT2D eigenvalue weighted by Gasteiger charge is -2.26. The van der Waals surface area contributed by atoms with Gasteiger partial charge in [-0.05, 0) is 63.1 Å². The molecule has 31 heavy (non-hydrogen) atoms. The van der Waals surface area contributed by atoms with Gasteiger partial charge in [0.15, 0.2) is 6.10 Å². The summed E-state index contributed by atoms with van der Waals surface area (Å²) in [6, 6.07) is 5.81. The van der Waals surface area contributed by atoms with Gasteiger partial charge in [0.25, 0.3) is 5.91 Å². The molecule has 5 rings (SSSR count). The van der Waals surface area contributed by atoms with Crippen molar-refractivity contribution in [2.45, 2.75) is 64.1 Å². The molecule has 2 aliphatic carbocycles. The number of fused-ring (bicyclic) bond motifs is 3. The standard InChI is InChI=1S/C24H27N3O4/c1-15(23(28)27(17-7-8-17)14-16-12-25-26(2)13-16)30-18-9-10-20-19-5-3-4-6-21(19)24(29)31-22(20)11-18/h9-13,15,17H,3-8,14H2,1-2H3. The summed E-state index contributed by atoms with van der Waals surface area (Å²) in [6.45, 7) is 2.30. The zero-order valence-electron chi connectivity index (χ0n) is 18.0. The highest BCUT2D eigenvalue weighted by Crippen LogP contribution is 2.31. The summed E-state index contributed by atoms with van der Waals surface area (Å²) in [5, 5.41) is 5.17. The van der Waals surface area contributed by atoms with E-state index < -0.39 is 6.10 Å². The van der Waals surface area contributed by atoms with Gasteiger partial charge in [0.2, 0.25) is 0 Å². The van der Waals surface area contributed by atoms with Gasteiger partial charge in [-0.15, -0.1) is 0 Å². The van der Waals surface area contributed by atoms with E-state index in [0.29, 0.717) is 17.9 Å². The third-order valence-corrected chi connectivity index (χ3v) is 6.24. The molecule has 0 N–H and O–H groups in total. The molecule has 162 valence electrons. The lowest BCUT2D eigenvalue weighted by Crippen LogP contribution is -2.41. The second kappa shape index (κ2) is 7.87. The quantitative estimate of drug-likeness (QED) is 0.571. The SMILES string of the molecule is CC(Oc1ccc2c3c(c(=O)oc2c1)CCCC3)C(=O)N(Cc1cnn(C)c1)C1CC1. The van der Waals surface area contributed by atoms with Gasteiger partial charge in [0.05, 0.1) is 6.20 Å². The molecule has 0 bridgehead atoms. The zero-order chi connectivity index (χ0) is 21.5. The average molecular weight is 421 g/mol. The first kappa shape index (κ1) is 19.8. The summed E-state index contributed by atoms with van der Waals surface area (Å²) < 4.78 is 13.3. The van der Waals surface area contributed by atoms with E-state index in [4.69, 9.17) is 9.15 Å². The summed E-state index contributed by atoms with van der Waals surface area (Å²) in [5.41, 5.74) is 3.19. The molecule has 2 aromatic heterocycles. The minimum Gasteiger partial charge on any atom is -0.481 e. The summed E-state index contributed by atoms with van der Waals surface area (Å²) >= 11 is 0. The molecule has 1 unspecified atom stereocenters. The van der Waals surface area contributed by atoms with Crippen LogP contribution in [0.2, 0.25) is 0 Å². The normalized spacial score (nSPS) is 16.7. The molecular weight excluding hydrogens is 394 g/mol. The van der Waals surface area contributed by atoms with Crippen LogP contribution in [0.25, 0.3) is 11.0 Å². The fourth-order valence-corrected chi connectivity index (χ4v) is 4.51. The predicted octanol–water partition coefficient (Wildman–Crippen LogP) is 3.36. The van der Waals surface area contributed by atoms with Crippen LogP contribution in [0.5, 0.6) is 5.75 Å². The summed E-state index contributed by atoms with van der Waals surface area (Å²) in [6.07, 6.45) is 8.92. The van der Waals surface area contributed by atoms with E-state index in [9.17, 15) is 9.59 Å². The Labute approximate surface area is 180 Å². The van der Waals surface area contributed by atoms with Crippen molar-refractivity contribution >= 4 is 16.9 Å². The topological polar surface area (TPSA) is 77.6 Å². The Morgan fingerprint density at radius 3 is 2.77 bits per heavy atom. The fraction of sp³-hybridized carbons (Fsp3) is 0.458. The van der Waals surface area contributed by atoms with Gasteiger partial charge in [-0.2, -0.15) is 5.10 Å². The van der Waals surface area contributed by atoms with Gasteiger partial charge >= 0.3 is 5.63 Å². The van der Waals surface area contributed by atoms with Gasteiger partial charge in [0, 0.05) is 48.4 Å². The molecule has 0 aliphatic heterocycles. The first-order chi connectivity index (χ1) is 15.0. The molecule has 0 saturated heterocycles. The number of carbonyl (C=O) groups excluding carboxylic acids is 1. The van der Waals surface area contributed by atoms with Crippen molar-refractivity contribution in [2.24, 2.45) is 7.05 Å². The number of benzene rings is 1. The monoisotopic (exact) mass is 421 g/mol. The van der Waals surface area contributed by atoms with E-state index in [1.54, 1.807) is 23.9 Å². The molecule has 2 aliphatic rings. The Bertz CT molecular complexity index is 1190. The van der Waals surface area contributed by atoms with Crippen molar-refractivity contribution in [3.63, 3.8) is 0 Å². The van der Waals surface area contributed by atoms with E-state index in [-0.39, 0.29) is 17.6 Å². The fourth-order valence-electron chi connectivity index (χ4n) is 4.51. The molecule has 0 radical (unpaired) electrons. The van der Waals surface area contributed by atoms with Crippen LogP contribution in [0.1, 0.15) is 49.3 Å². The first-order valence-electron chi connectivity index (χ1n) is 11.0. The van der Waals surface area contributed by atoms with Crippen LogP contribution in [0.4, 0.5) is 0 Å². The molecular formula is C24H27N3O4. The molecule has 1 aromatic carbocycles. The van der Waals surface area contributed by atoms with E-state index in [1.807, 2.05) is 30.3 Å². The van der Waals surface area contributed by atoms with Crippen LogP contribution >= 0.6 is 0 Å². The third-order valence-electron chi connectivity index (χ3n) is 6.24. The second-order valence-corrected chi connectivity index (χ2v) is 8.69. The largest absolute Gasteiger partial charge is 0.481 e. The van der Waals surface area contributed by atoms with Gasteiger partial charge in [-0.1, -0.05) is 0 Å². The second-order valence-electron chi connectivity index (χ2n) is 8.69. The predicted molar refractivity (Wildman–Crippen MR) is 116 cm³/mol. The van der Waals surface area contributed by atoms with Crippen LogP contribution in [0.3, 0.4) is 0 Å². The maximum atomic E-state index is 13.1. The molecule has 7 nitrogen and oxygen atoms in total. The van der Waals surface area contributed by atoms with Crippen LogP contribution < -0.4 is 10.4 Å². The van der Waals surface area contributed by atoms with E-state index in [2.05, 4.69) is 5.10 Å². The Morgan fingerprint density at radius 1 is 1.29 bits per heavy atom. The minimum absolute atomic E-state index is 0.0432. The molecule has 7 heteroatoms. The smallest absolute Gasteiger partial charge is 0.339 e. The van der Waals surface area contributed by atoms with E-state index in [1.165, 1.54) is 0 Å². The molecule has 1 saturated carbocycles. The molecule has 0 spiro atoms. The zero-order valence-corrected chi connectivity index (χ0v) is 18.0. The van der Waals surface area contributed by atoms with Crippen LogP contribution in [-0.4, -0.2) is 32.7 Å². The number of aryl methyl sites for hydroxylation is 2. The summed E-state index contributed by atoms with van der Waals surface area (Å²) in [7, 11) is 1.87.